The van der Waals surface area contributed by atoms with E-state index in [0.29, 0.717) is 5.56 Å². The molecule has 1 N–H and O–H groups in total. The van der Waals surface area contributed by atoms with Gasteiger partial charge in [-0.25, -0.2) is 0 Å². The normalized spacial score (nSPS) is 10.3. The first-order valence-corrected chi connectivity index (χ1v) is 9.27. The maximum atomic E-state index is 9.50. The van der Waals surface area contributed by atoms with Gasteiger partial charge in [0, 0.05) is 16.9 Å². The minimum absolute atomic E-state index is 0.673. The Kier molecular flexibility index (Phi) is 4.91. The average molecular weight is 360 g/mol. The minimum atomic E-state index is 0.673. The van der Waals surface area contributed by atoms with E-state index in [1.54, 1.807) is 0 Å². The molecule has 0 atom stereocenters. The van der Waals surface area contributed by atoms with Crippen molar-refractivity contribution in [3.8, 4) is 28.3 Å². The number of aryl methyl sites for hydroxylation is 1. The molecule has 0 aliphatic carbocycles. The van der Waals surface area contributed by atoms with Crippen LogP contribution in [0.4, 0.5) is 11.4 Å². The maximum Gasteiger partial charge on any atom is 0.0998 e. The Balaban J connectivity index is 1.71. The van der Waals surface area contributed by atoms with Crippen molar-refractivity contribution in [3.05, 3.63) is 108 Å². The van der Waals surface area contributed by atoms with Crippen molar-refractivity contribution in [2.75, 3.05) is 5.32 Å². The van der Waals surface area contributed by atoms with Crippen LogP contribution in [0, 0.1) is 18.3 Å². The third-order valence-electron chi connectivity index (χ3n) is 4.85. The molecular weight excluding hydrogens is 340 g/mol. The molecule has 4 aromatic rings. The Hall–Kier alpha value is -3.83. The molecule has 2 nitrogen and oxygen atoms in total. The van der Waals surface area contributed by atoms with Gasteiger partial charge in [-0.2, -0.15) is 5.26 Å². The Bertz CT molecular complexity index is 1140. The molecule has 0 saturated heterocycles. The molecule has 0 aliphatic rings. The van der Waals surface area contributed by atoms with Crippen LogP contribution in [-0.2, 0) is 0 Å². The third-order valence-corrected chi connectivity index (χ3v) is 4.85. The standard InChI is InChI=1S/C26H20N2/c1-19-12-13-22(20-8-4-2-5-9-20)16-26(19)28-24-15-14-23(18-27)25(17-24)21-10-6-3-7-11-21/h2-17,28H,1H3. The summed E-state index contributed by atoms with van der Waals surface area (Å²) in [7, 11) is 0. The number of hydrogen-bond donors (Lipinski definition) is 1. The lowest BCUT2D eigenvalue weighted by Gasteiger charge is -2.14. The van der Waals surface area contributed by atoms with Crippen LogP contribution in [0.5, 0.6) is 0 Å². The summed E-state index contributed by atoms with van der Waals surface area (Å²) < 4.78 is 0. The number of nitrogens with zero attached hydrogens (tertiary/aromatic N) is 1. The van der Waals surface area contributed by atoms with Crippen LogP contribution in [0.3, 0.4) is 0 Å². The fourth-order valence-corrected chi connectivity index (χ4v) is 3.30. The van der Waals surface area contributed by atoms with E-state index in [4.69, 9.17) is 0 Å². The summed E-state index contributed by atoms with van der Waals surface area (Å²) in [6, 6.07) is 35.0. The van der Waals surface area contributed by atoms with Crippen LogP contribution in [0.1, 0.15) is 11.1 Å². The fraction of sp³-hybridized carbons (Fsp3) is 0.0385. The number of benzene rings is 4. The van der Waals surface area contributed by atoms with Crippen LogP contribution < -0.4 is 5.32 Å². The van der Waals surface area contributed by atoms with E-state index in [0.717, 1.165) is 22.5 Å². The van der Waals surface area contributed by atoms with E-state index in [2.05, 4.69) is 60.8 Å². The van der Waals surface area contributed by atoms with Gasteiger partial charge in [-0.05, 0) is 53.4 Å². The molecule has 2 heteroatoms. The topological polar surface area (TPSA) is 35.8 Å². The molecule has 0 spiro atoms. The SMILES string of the molecule is Cc1ccc(-c2ccccc2)cc1Nc1ccc(C#N)c(-c2ccccc2)c1. The number of anilines is 2. The quantitative estimate of drug-likeness (QED) is 0.428. The largest absolute Gasteiger partial charge is 0.355 e. The van der Waals surface area contributed by atoms with Gasteiger partial charge in [0.1, 0.15) is 0 Å². The van der Waals surface area contributed by atoms with Gasteiger partial charge >= 0.3 is 0 Å². The number of nitriles is 1. The molecule has 0 amide bonds. The summed E-state index contributed by atoms with van der Waals surface area (Å²) >= 11 is 0. The van der Waals surface area contributed by atoms with Crippen molar-refractivity contribution in [2.24, 2.45) is 0 Å². The van der Waals surface area contributed by atoms with E-state index in [1.165, 1.54) is 16.7 Å². The van der Waals surface area contributed by atoms with Crippen LogP contribution >= 0.6 is 0 Å². The first-order chi connectivity index (χ1) is 13.7. The van der Waals surface area contributed by atoms with E-state index in [9.17, 15) is 5.26 Å². The lowest BCUT2D eigenvalue weighted by Crippen LogP contribution is -1.95. The third kappa shape index (κ3) is 3.65. The second-order valence-electron chi connectivity index (χ2n) is 6.76. The van der Waals surface area contributed by atoms with Gasteiger partial charge in [-0.1, -0.05) is 72.8 Å². The highest BCUT2D eigenvalue weighted by atomic mass is 14.9. The van der Waals surface area contributed by atoms with Gasteiger partial charge in [0.2, 0.25) is 0 Å². The van der Waals surface area contributed by atoms with Crippen molar-refractivity contribution >= 4 is 11.4 Å². The Morgan fingerprint density at radius 3 is 2.04 bits per heavy atom. The summed E-state index contributed by atoms with van der Waals surface area (Å²) in [6.45, 7) is 2.10. The van der Waals surface area contributed by atoms with Gasteiger partial charge in [-0.3, -0.25) is 0 Å². The van der Waals surface area contributed by atoms with Gasteiger partial charge in [-0.15, -0.1) is 0 Å². The lowest BCUT2D eigenvalue weighted by atomic mass is 9.99. The summed E-state index contributed by atoms with van der Waals surface area (Å²) in [5.74, 6) is 0. The van der Waals surface area contributed by atoms with Gasteiger partial charge < -0.3 is 5.32 Å². The molecule has 28 heavy (non-hydrogen) atoms. The van der Waals surface area contributed by atoms with Crippen LogP contribution in [-0.4, -0.2) is 0 Å². The van der Waals surface area contributed by atoms with Crippen molar-refractivity contribution in [1.82, 2.24) is 0 Å². The zero-order valence-electron chi connectivity index (χ0n) is 15.7. The predicted octanol–water partition coefficient (Wildman–Crippen LogP) is 6.94. The zero-order chi connectivity index (χ0) is 19.3. The number of nitrogens with one attached hydrogen (secondary N) is 1. The number of hydrogen-bond acceptors (Lipinski definition) is 2. The summed E-state index contributed by atoms with van der Waals surface area (Å²) in [4.78, 5) is 0. The molecule has 0 aliphatic heterocycles. The van der Waals surface area contributed by atoms with Crippen molar-refractivity contribution in [3.63, 3.8) is 0 Å². The molecule has 0 bridgehead atoms. The van der Waals surface area contributed by atoms with Gasteiger partial charge in [0.25, 0.3) is 0 Å². The van der Waals surface area contributed by atoms with E-state index in [1.807, 2.05) is 54.6 Å². The molecule has 0 radical (unpaired) electrons. The monoisotopic (exact) mass is 360 g/mol. The van der Waals surface area contributed by atoms with Crippen LogP contribution in [0.25, 0.3) is 22.3 Å². The number of rotatable bonds is 4. The fourth-order valence-electron chi connectivity index (χ4n) is 3.30. The lowest BCUT2D eigenvalue weighted by molar-refractivity contribution is 1.42. The minimum Gasteiger partial charge on any atom is -0.355 e. The van der Waals surface area contributed by atoms with E-state index in [-0.39, 0.29) is 0 Å². The van der Waals surface area contributed by atoms with Gasteiger partial charge in [0.15, 0.2) is 0 Å². The highest BCUT2D eigenvalue weighted by Crippen LogP contribution is 2.31. The summed E-state index contributed by atoms with van der Waals surface area (Å²) in [5.41, 5.74) is 8.21. The zero-order valence-corrected chi connectivity index (χ0v) is 15.7. The average Bonchev–Trinajstić information content (AvgIpc) is 2.76. The molecule has 0 fully saturated rings. The summed E-state index contributed by atoms with van der Waals surface area (Å²) in [5, 5.41) is 13.0. The maximum absolute atomic E-state index is 9.50. The van der Waals surface area contributed by atoms with Crippen LogP contribution in [0.15, 0.2) is 97.1 Å². The molecule has 134 valence electrons. The highest BCUT2D eigenvalue weighted by molar-refractivity contribution is 5.78. The molecule has 0 saturated carbocycles. The Morgan fingerprint density at radius 1 is 0.679 bits per heavy atom. The Labute approximate surface area is 165 Å². The second kappa shape index (κ2) is 7.82. The second-order valence-corrected chi connectivity index (χ2v) is 6.76. The Morgan fingerprint density at radius 2 is 1.36 bits per heavy atom. The predicted molar refractivity (Wildman–Crippen MR) is 116 cm³/mol. The smallest absolute Gasteiger partial charge is 0.0998 e. The first kappa shape index (κ1) is 17.6. The molecule has 0 heterocycles. The summed E-state index contributed by atoms with van der Waals surface area (Å²) in [6.07, 6.45) is 0. The van der Waals surface area contributed by atoms with Crippen LogP contribution in [0.2, 0.25) is 0 Å². The molecule has 4 aromatic carbocycles. The van der Waals surface area contributed by atoms with E-state index >= 15 is 0 Å². The highest BCUT2D eigenvalue weighted by Gasteiger charge is 2.08. The van der Waals surface area contributed by atoms with Crippen molar-refractivity contribution in [1.29, 1.82) is 5.26 Å². The molecule has 0 unspecified atom stereocenters. The molecular formula is C26H20N2. The molecule has 4 rings (SSSR count). The van der Waals surface area contributed by atoms with Crippen molar-refractivity contribution < 1.29 is 0 Å². The van der Waals surface area contributed by atoms with Crippen molar-refractivity contribution in [2.45, 2.75) is 6.92 Å². The van der Waals surface area contributed by atoms with Gasteiger partial charge in [0.05, 0.1) is 11.6 Å². The van der Waals surface area contributed by atoms with E-state index < -0.39 is 0 Å². The molecule has 0 aromatic heterocycles. The first-order valence-electron chi connectivity index (χ1n) is 9.27.